The van der Waals surface area contributed by atoms with Gasteiger partial charge in [0.15, 0.2) is 11.7 Å². The number of carbonyl (C=O) groups is 1. The Morgan fingerprint density at radius 3 is 2.71 bits per heavy atom. The number of aldehydes is 1. The fourth-order valence-electron chi connectivity index (χ4n) is 3.67. The van der Waals surface area contributed by atoms with Crippen LogP contribution < -0.4 is 15.6 Å². The molecule has 1 unspecified atom stereocenters. The van der Waals surface area contributed by atoms with E-state index in [0.717, 1.165) is 5.69 Å². The van der Waals surface area contributed by atoms with Crippen molar-refractivity contribution < 1.29 is 9.18 Å². The van der Waals surface area contributed by atoms with Crippen LogP contribution in [0, 0.1) is 5.82 Å². The second-order valence-corrected chi connectivity index (χ2v) is 7.55. The molecule has 172 valence electrons. The first-order chi connectivity index (χ1) is 16.5. The Hall–Kier alpha value is -4.40. The minimum atomic E-state index is -0.646. The first-order valence-corrected chi connectivity index (χ1v) is 10.7. The van der Waals surface area contributed by atoms with Gasteiger partial charge in [-0.25, -0.2) is 19.4 Å². The summed E-state index contributed by atoms with van der Waals surface area (Å²) in [4.78, 5) is 42.1. The minimum Gasteiger partial charge on any atom is -0.359 e. The van der Waals surface area contributed by atoms with Crippen molar-refractivity contribution in [3.05, 3.63) is 88.7 Å². The average molecular weight is 458 g/mol. The smallest absolute Gasteiger partial charge is 0.194 e. The number of halogens is 1. The van der Waals surface area contributed by atoms with Crippen LogP contribution in [0.1, 0.15) is 23.7 Å². The lowest BCUT2D eigenvalue weighted by atomic mass is 10.1. The fourth-order valence-corrected chi connectivity index (χ4v) is 3.67. The number of hydrogen-bond acceptors (Lipinski definition) is 6. The summed E-state index contributed by atoms with van der Waals surface area (Å²) in [5.41, 5.74) is 1.10. The van der Waals surface area contributed by atoms with Crippen LogP contribution >= 0.6 is 0 Å². The predicted molar refractivity (Wildman–Crippen MR) is 132 cm³/mol. The largest absolute Gasteiger partial charge is 0.359 e. The van der Waals surface area contributed by atoms with E-state index in [4.69, 9.17) is 4.99 Å². The Labute approximate surface area is 195 Å². The Morgan fingerprint density at radius 2 is 1.97 bits per heavy atom. The van der Waals surface area contributed by atoms with Gasteiger partial charge in [0.25, 0.3) is 0 Å². The number of pyridine rings is 1. The summed E-state index contributed by atoms with van der Waals surface area (Å²) in [6.07, 6.45) is 3.90. The van der Waals surface area contributed by atoms with E-state index in [2.05, 4.69) is 20.3 Å². The van der Waals surface area contributed by atoms with E-state index < -0.39 is 11.9 Å². The standard InChI is InChI=1S/C25H23FN6O2/c1-3-19(30-24-22-21(34)12-13-27-23(22)28-15-29-24)25(32(2)16-8-5-4-6-9-16)31-20-11-7-10-18(26)17(20)14-33/h4-15,19H,3H2,1-2H3,(H2,27,28,29,30,34)/b31-25-. The molecule has 9 heteroatoms. The first-order valence-electron chi connectivity index (χ1n) is 10.7. The zero-order valence-electron chi connectivity index (χ0n) is 18.7. The molecule has 1 atom stereocenters. The number of amidine groups is 1. The van der Waals surface area contributed by atoms with Crippen molar-refractivity contribution in [1.82, 2.24) is 15.0 Å². The predicted octanol–water partition coefficient (Wildman–Crippen LogP) is 4.33. The number of hydrogen-bond donors (Lipinski definition) is 2. The average Bonchev–Trinajstić information content (AvgIpc) is 2.86. The molecule has 0 fully saturated rings. The number of rotatable bonds is 7. The maximum Gasteiger partial charge on any atom is 0.194 e. The molecule has 0 saturated carbocycles. The van der Waals surface area contributed by atoms with E-state index in [1.54, 1.807) is 6.07 Å². The van der Waals surface area contributed by atoms with Gasteiger partial charge < -0.3 is 15.2 Å². The van der Waals surface area contributed by atoms with Crippen molar-refractivity contribution in [1.29, 1.82) is 0 Å². The zero-order chi connectivity index (χ0) is 24.1. The molecule has 0 aliphatic rings. The summed E-state index contributed by atoms with van der Waals surface area (Å²) in [6, 6.07) is 14.8. The Bertz CT molecular complexity index is 1400. The summed E-state index contributed by atoms with van der Waals surface area (Å²) in [5, 5.41) is 3.63. The third-order valence-corrected chi connectivity index (χ3v) is 5.45. The lowest BCUT2D eigenvalue weighted by Crippen LogP contribution is -2.41. The number of H-pyrrole nitrogens is 1. The summed E-state index contributed by atoms with van der Waals surface area (Å²) in [6.45, 7) is 1.95. The van der Waals surface area contributed by atoms with Gasteiger partial charge in [0.1, 0.15) is 34.8 Å². The van der Waals surface area contributed by atoms with Crippen molar-refractivity contribution in [3.63, 3.8) is 0 Å². The van der Waals surface area contributed by atoms with Crippen LogP contribution in [0.3, 0.4) is 0 Å². The Kier molecular flexibility index (Phi) is 6.72. The van der Waals surface area contributed by atoms with Crippen molar-refractivity contribution in [3.8, 4) is 0 Å². The van der Waals surface area contributed by atoms with Gasteiger partial charge in [-0.15, -0.1) is 0 Å². The highest BCUT2D eigenvalue weighted by Crippen LogP contribution is 2.25. The second-order valence-electron chi connectivity index (χ2n) is 7.55. The SMILES string of the molecule is CCC(Nc1ncnc2[nH]ccc(=O)c12)/C(=N/c1cccc(F)c1C=O)N(C)c1ccccc1. The van der Waals surface area contributed by atoms with Crippen LogP contribution in [-0.2, 0) is 0 Å². The maximum absolute atomic E-state index is 14.3. The molecule has 4 rings (SSSR count). The summed E-state index contributed by atoms with van der Waals surface area (Å²) < 4.78 is 14.3. The highest BCUT2D eigenvalue weighted by molar-refractivity contribution is 6.05. The molecule has 8 nitrogen and oxygen atoms in total. The third-order valence-electron chi connectivity index (χ3n) is 5.45. The molecule has 34 heavy (non-hydrogen) atoms. The molecule has 0 aliphatic carbocycles. The molecule has 2 N–H and O–H groups in total. The Morgan fingerprint density at radius 1 is 1.18 bits per heavy atom. The van der Waals surface area contributed by atoms with Gasteiger partial charge >= 0.3 is 0 Å². The normalized spacial score (nSPS) is 12.4. The number of carbonyl (C=O) groups excluding carboxylic acids is 1. The quantitative estimate of drug-likeness (QED) is 0.243. The summed E-state index contributed by atoms with van der Waals surface area (Å²) in [7, 11) is 1.84. The number of nitrogens with one attached hydrogen (secondary N) is 2. The van der Waals surface area contributed by atoms with Crippen molar-refractivity contribution in [2.45, 2.75) is 19.4 Å². The highest BCUT2D eigenvalue weighted by atomic mass is 19.1. The minimum absolute atomic E-state index is 0.125. The van der Waals surface area contributed by atoms with Crippen LogP contribution in [0.2, 0.25) is 0 Å². The van der Waals surface area contributed by atoms with E-state index in [1.165, 1.54) is 30.7 Å². The van der Waals surface area contributed by atoms with Crippen LogP contribution in [0.25, 0.3) is 11.0 Å². The van der Waals surface area contributed by atoms with Crippen molar-refractivity contribution in [2.24, 2.45) is 4.99 Å². The number of aliphatic imine (C=N–C) groups is 1. The first kappa shape index (κ1) is 22.8. The van der Waals surface area contributed by atoms with E-state index in [1.807, 2.05) is 49.2 Å². The van der Waals surface area contributed by atoms with Crippen LogP contribution in [0.15, 0.2) is 76.9 Å². The monoisotopic (exact) mass is 458 g/mol. The number of likely N-dealkylation sites (N-methyl/N-ethyl adjacent to an activating group) is 1. The molecule has 4 aromatic rings. The fraction of sp³-hybridized carbons (Fsp3) is 0.160. The number of aromatic nitrogens is 3. The summed E-state index contributed by atoms with van der Waals surface area (Å²) >= 11 is 0. The number of anilines is 2. The topological polar surface area (TPSA) is 103 Å². The van der Waals surface area contributed by atoms with Gasteiger partial charge in [-0.2, -0.15) is 0 Å². The van der Waals surface area contributed by atoms with Gasteiger partial charge in [-0.05, 0) is 30.7 Å². The third kappa shape index (κ3) is 4.54. The van der Waals surface area contributed by atoms with E-state index in [0.29, 0.717) is 35.4 Å². The molecule has 0 aliphatic heterocycles. The van der Waals surface area contributed by atoms with E-state index in [9.17, 15) is 14.0 Å². The number of para-hydroxylation sites is 1. The lowest BCUT2D eigenvalue weighted by Gasteiger charge is -2.29. The molecule has 0 radical (unpaired) electrons. The zero-order valence-corrected chi connectivity index (χ0v) is 18.7. The van der Waals surface area contributed by atoms with E-state index >= 15 is 0 Å². The Balaban J connectivity index is 1.85. The van der Waals surface area contributed by atoms with Crippen LogP contribution in [-0.4, -0.2) is 40.2 Å². The van der Waals surface area contributed by atoms with Crippen molar-refractivity contribution in [2.75, 3.05) is 17.3 Å². The van der Waals surface area contributed by atoms with Gasteiger partial charge in [0.2, 0.25) is 0 Å². The summed E-state index contributed by atoms with van der Waals surface area (Å²) in [5.74, 6) is 0.219. The molecule has 0 amide bonds. The molecular weight excluding hydrogens is 435 g/mol. The van der Waals surface area contributed by atoms with Gasteiger partial charge in [0, 0.05) is 25.0 Å². The molecule has 2 heterocycles. The van der Waals surface area contributed by atoms with Gasteiger partial charge in [0.05, 0.1) is 17.3 Å². The molecule has 2 aromatic heterocycles. The number of aromatic amines is 1. The molecule has 0 spiro atoms. The highest BCUT2D eigenvalue weighted by Gasteiger charge is 2.23. The van der Waals surface area contributed by atoms with Crippen molar-refractivity contribution >= 4 is 40.3 Å². The molecule has 0 saturated heterocycles. The number of benzene rings is 2. The van der Waals surface area contributed by atoms with Gasteiger partial charge in [-0.3, -0.25) is 9.59 Å². The molecule has 2 aromatic carbocycles. The second kappa shape index (κ2) is 10.0. The lowest BCUT2D eigenvalue weighted by molar-refractivity contribution is 0.112. The van der Waals surface area contributed by atoms with Crippen LogP contribution in [0.4, 0.5) is 21.6 Å². The molecule has 0 bridgehead atoms. The number of fused-ring (bicyclic) bond motifs is 1. The van der Waals surface area contributed by atoms with Gasteiger partial charge in [-0.1, -0.05) is 31.2 Å². The number of nitrogens with zero attached hydrogens (tertiary/aromatic N) is 4. The maximum atomic E-state index is 14.3. The molecular formula is C25H23FN6O2. The van der Waals surface area contributed by atoms with Crippen LogP contribution in [0.5, 0.6) is 0 Å². The van der Waals surface area contributed by atoms with E-state index in [-0.39, 0.29) is 16.7 Å².